The van der Waals surface area contributed by atoms with Gasteiger partial charge in [0, 0.05) is 25.2 Å². The SMILES string of the molecule is CCN(CC)C(=O)COc1ccc(C)nc1CCN. The van der Waals surface area contributed by atoms with Gasteiger partial charge in [0.1, 0.15) is 5.75 Å². The molecule has 106 valence electrons. The second-order valence-corrected chi connectivity index (χ2v) is 4.29. The summed E-state index contributed by atoms with van der Waals surface area (Å²) in [4.78, 5) is 18.0. The fourth-order valence-electron chi connectivity index (χ4n) is 1.85. The number of carbonyl (C=O) groups is 1. The smallest absolute Gasteiger partial charge is 0.260 e. The summed E-state index contributed by atoms with van der Waals surface area (Å²) in [6, 6.07) is 3.72. The predicted octanol–water partition coefficient (Wildman–Crippen LogP) is 1.14. The molecule has 1 rings (SSSR count). The predicted molar refractivity (Wildman–Crippen MR) is 75.2 cm³/mol. The fourth-order valence-corrected chi connectivity index (χ4v) is 1.85. The van der Waals surface area contributed by atoms with Crippen LogP contribution in [-0.2, 0) is 11.2 Å². The number of hydrogen-bond acceptors (Lipinski definition) is 4. The molecule has 5 heteroatoms. The van der Waals surface area contributed by atoms with Gasteiger partial charge in [0.05, 0.1) is 5.69 Å². The highest BCUT2D eigenvalue weighted by atomic mass is 16.5. The zero-order valence-corrected chi connectivity index (χ0v) is 12.0. The molecular formula is C14H23N3O2. The minimum Gasteiger partial charge on any atom is -0.482 e. The molecule has 0 aromatic carbocycles. The van der Waals surface area contributed by atoms with Crippen molar-refractivity contribution in [3.8, 4) is 5.75 Å². The Labute approximate surface area is 114 Å². The van der Waals surface area contributed by atoms with Gasteiger partial charge in [-0.1, -0.05) is 0 Å². The van der Waals surface area contributed by atoms with Gasteiger partial charge >= 0.3 is 0 Å². The van der Waals surface area contributed by atoms with E-state index in [1.54, 1.807) is 4.90 Å². The number of aryl methyl sites for hydroxylation is 1. The largest absolute Gasteiger partial charge is 0.482 e. The molecule has 0 saturated heterocycles. The van der Waals surface area contributed by atoms with Crippen molar-refractivity contribution in [2.45, 2.75) is 27.2 Å². The van der Waals surface area contributed by atoms with Crippen LogP contribution in [0.3, 0.4) is 0 Å². The lowest BCUT2D eigenvalue weighted by molar-refractivity contribution is -0.132. The summed E-state index contributed by atoms with van der Waals surface area (Å²) in [7, 11) is 0. The van der Waals surface area contributed by atoms with Crippen LogP contribution in [0.25, 0.3) is 0 Å². The Bertz CT molecular complexity index is 417. The van der Waals surface area contributed by atoms with Crippen LogP contribution in [0.2, 0.25) is 0 Å². The highest BCUT2D eigenvalue weighted by Gasteiger charge is 2.12. The van der Waals surface area contributed by atoms with Gasteiger partial charge < -0.3 is 15.4 Å². The van der Waals surface area contributed by atoms with E-state index in [-0.39, 0.29) is 12.5 Å². The molecule has 0 aliphatic heterocycles. The summed E-state index contributed by atoms with van der Waals surface area (Å²) in [5.74, 6) is 0.640. The lowest BCUT2D eigenvalue weighted by atomic mass is 10.2. The number of amides is 1. The van der Waals surface area contributed by atoms with Crippen LogP contribution < -0.4 is 10.5 Å². The topological polar surface area (TPSA) is 68.5 Å². The molecule has 1 aromatic rings. The number of nitrogens with two attached hydrogens (primary N) is 1. The second kappa shape index (κ2) is 7.74. The van der Waals surface area contributed by atoms with E-state index in [9.17, 15) is 4.79 Å². The molecular weight excluding hydrogens is 242 g/mol. The first-order valence-corrected chi connectivity index (χ1v) is 6.69. The van der Waals surface area contributed by atoms with Crippen molar-refractivity contribution in [3.63, 3.8) is 0 Å². The van der Waals surface area contributed by atoms with Gasteiger partial charge in [-0.3, -0.25) is 9.78 Å². The molecule has 1 heterocycles. The highest BCUT2D eigenvalue weighted by Crippen LogP contribution is 2.17. The van der Waals surface area contributed by atoms with Gasteiger partial charge in [-0.15, -0.1) is 0 Å². The molecule has 0 spiro atoms. The van der Waals surface area contributed by atoms with Crippen LogP contribution >= 0.6 is 0 Å². The van der Waals surface area contributed by atoms with E-state index in [0.29, 0.717) is 31.8 Å². The minimum atomic E-state index is -0.00993. The van der Waals surface area contributed by atoms with E-state index >= 15 is 0 Å². The van der Waals surface area contributed by atoms with Crippen molar-refractivity contribution in [2.75, 3.05) is 26.2 Å². The van der Waals surface area contributed by atoms with Gasteiger partial charge in [0.25, 0.3) is 5.91 Å². The summed E-state index contributed by atoms with van der Waals surface area (Å²) in [6.45, 7) is 7.77. The van der Waals surface area contributed by atoms with Crippen molar-refractivity contribution >= 4 is 5.91 Å². The Morgan fingerprint density at radius 1 is 1.37 bits per heavy atom. The molecule has 19 heavy (non-hydrogen) atoms. The third-order valence-electron chi connectivity index (χ3n) is 2.92. The zero-order valence-electron chi connectivity index (χ0n) is 12.0. The summed E-state index contributed by atoms with van der Waals surface area (Å²) >= 11 is 0. The molecule has 1 amide bonds. The third kappa shape index (κ3) is 4.52. The zero-order chi connectivity index (χ0) is 14.3. The molecule has 0 atom stereocenters. The lowest BCUT2D eigenvalue weighted by Crippen LogP contribution is -2.34. The average molecular weight is 265 g/mol. The van der Waals surface area contributed by atoms with Crippen molar-refractivity contribution in [2.24, 2.45) is 5.73 Å². The number of likely N-dealkylation sites (N-methyl/N-ethyl adjacent to an activating group) is 1. The van der Waals surface area contributed by atoms with E-state index in [4.69, 9.17) is 10.5 Å². The normalized spacial score (nSPS) is 10.3. The Hall–Kier alpha value is -1.62. The van der Waals surface area contributed by atoms with Gasteiger partial charge in [0.15, 0.2) is 6.61 Å². The molecule has 2 N–H and O–H groups in total. The van der Waals surface area contributed by atoms with Crippen LogP contribution in [0, 0.1) is 6.92 Å². The van der Waals surface area contributed by atoms with Gasteiger partial charge in [-0.25, -0.2) is 0 Å². The Morgan fingerprint density at radius 3 is 2.63 bits per heavy atom. The monoisotopic (exact) mass is 265 g/mol. The third-order valence-corrected chi connectivity index (χ3v) is 2.92. The molecule has 5 nitrogen and oxygen atoms in total. The van der Waals surface area contributed by atoms with E-state index < -0.39 is 0 Å². The number of nitrogens with zero attached hydrogens (tertiary/aromatic N) is 2. The van der Waals surface area contributed by atoms with E-state index in [2.05, 4.69) is 4.98 Å². The van der Waals surface area contributed by atoms with Crippen LogP contribution in [0.15, 0.2) is 12.1 Å². The quantitative estimate of drug-likeness (QED) is 0.802. The summed E-state index contributed by atoms with van der Waals surface area (Å²) in [5, 5.41) is 0. The Kier molecular flexibility index (Phi) is 6.29. The van der Waals surface area contributed by atoms with Crippen molar-refractivity contribution in [1.29, 1.82) is 0 Å². The number of ether oxygens (including phenoxy) is 1. The van der Waals surface area contributed by atoms with E-state index in [0.717, 1.165) is 11.4 Å². The number of pyridine rings is 1. The maximum Gasteiger partial charge on any atom is 0.260 e. The van der Waals surface area contributed by atoms with E-state index in [1.807, 2.05) is 32.9 Å². The van der Waals surface area contributed by atoms with Crippen molar-refractivity contribution in [1.82, 2.24) is 9.88 Å². The molecule has 0 saturated carbocycles. The lowest BCUT2D eigenvalue weighted by Gasteiger charge is -2.19. The van der Waals surface area contributed by atoms with Gasteiger partial charge in [-0.05, 0) is 39.4 Å². The maximum atomic E-state index is 11.9. The standard InChI is InChI=1S/C14H23N3O2/c1-4-17(5-2)14(18)10-19-13-7-6-11(3)16-12(13)8-9-15/h6-7H,4-5,8-10,15H2,1-3H3. The molecule has 0 radical (unpaired) electrons. The van der Waals surface area contributed by atoms with Crippen LogP contribution in [0.1, 0.15) is 25.2 Å². The van der Waals surface area contributed by atoms with Crippen molar-refractivity contribution in [3.05, 3.63) is 23.5 Å². The number of aromatic nitrogens is 1. The summed E-state index contributed by atoms with van der Waals surface area (Å²) < 4.78 is 5.58. The number of rotatable bonds is 7. The number of carbonyl (C=O) groups excluding carboxylic acids is 1. The molecule has 0 bridgehead atoms. The van der Waals surface area contributed by atoms with Gasteiger partial charge in [-0.2, -0.15) is 0 Å². The van der Waals surface area contributed by atoms with Crippen LogP contribution in [-0.4, -0.2) is 42.0 Å². The fraction of sp³-hybridized carbons (Fsp3) is 0.571. The molecule has 0 aliphatic carbocycles. The molecule has 0 fully saturated rings. The molecule has 0 unspecified atom stereocenters. The van der Waals surface area contributed by atoms with E-state index in [1.165, 1.54) is 0 Å². The first kappa shape index (κ1) is 15.4. The minimum absolute atomic E-state index is 0.00993. The average Bonchev–Trinajstić information content (AvgIpc) is 2.39. The second-order valence-electron chi connectivity index (χ2n) is 4.29. The number of hydrogen-bond donors (Lipinski definition) is 1. The summed E-state index contributed by atoms with van der Waals surface area (Å²) in [5.41, 5.74) is 7.29. The van der Waals surface area contributed by atoms with Crippen LogP contribution in [0.4, 0.5) is 0 Å². The first-order valence-electron chi connectivity index (χ1n) is 6.69. The van der Waals surface area contributed by atoms with Crippen LogP contribution in [0.5, 0.6) is 5.75 Å². The molecule has 1 aromatic heterocycles. The van der Waals surface area contributed by atoms with Crippen molar-refractivity contribution < 1.29 is 9.53 Å². The highest BCUT2D eigenvalue weighted by molar-refractivity contribution is 5.77. The molecule has 0 aliphatic rings. The summed E-state index contributed by atoms with van der Waals surface area (Å²) in [6.07, 6.45) is 0.649. The Morgan fingerprint density at radius 2 is 2.05 bits per heavy atom. The maximum absolute atomic E-state index is 11.9. The first-order chi connectivity index (χ1) is 9.12. The van der Waals surface area contributed by atoms with Gasteiger partial charge in [0.2, 0.25) is 0 Å². The Balaban J connectivity index is 2.69.